The van der Waals surface area contributed by atoms with Gasteiger partial charge >= 0.3 is 5.97 Å². The Morgan fingerprint density at radius 3 is 2.48 bits per heavy atom. The van der Waals surface area contributed by atoms with Gasteiger partial charge in [0.25, 0.3) is 11.8 Å². The van der Waals surface area contributed by atoms with Crippen molar-refractivity contribution in [2.75, 3.05) is 30.5 Å². The van der Waals surface area contributed by atoms with Gasteiger partial charge in [0.2, 0.25) is 0 Å². The fourth-order valence-corrected chi connectivity index (χ4v) is 2.27. The predicted molar refractivity (Wildman–Crippen MR) is 102 cm³/mol. The van der Waals surface area contributed by atoms with Crippen molar-refractivity contribution in [3.63, 3.8) is 0 Å². The van der Waals surface area contributed by atoms with E-state index < -0.39 is 18.5 Å². The number of carbonyl (C=O) groups is 3. The van der Waals surface area contributed by atoms with E-state index in [1.165, 1.54) is 0 Å². The van der Waals surface area contributed by atoms with Crippen molar-refractivity contribution in [1.82, 2.24) is 0 Å². The Morgan fingerprint density at radius 1 is 0.963 bits per heavy atom. The number of nitrogens with one attached hydrogen (secondary N) is 2. The zero-order valence-electron chi connectivity index (χ0n) is 15.3. The highest BCUT2D eigenvalue weighted by Gasteiger charge is 2.14. The van der Waals surface area contributed by atoms with Gasteiger partial charge in [-0.1, -0.05) is 24.3 Å². The van der Waals surface area contributed by atoms with Crippen LogP contribution in [0.25, 0.3) is 0 Å². The lowest BCUT2D eigenvalue weighted by molar-refractivity contribution is -0.151. The fourth-order valence-electron chi connectivity index (χ4n) is 2.27. The van der Waals surface area contributed by atoms with Gasteiger partial charge < -0.3 is 20.1 Å². The number of para-hydroxylation sites is 1. The number of ether oxygens (including phenoxy) is 2. The van der Waals surface area contributed by atoms with Crippen LogP contribution in [0.1, 0.15) is 22.8 Å². The lowest BCUT2D eigenvalue weighted by atomic mass is 10.1. The summed E-state index contributed by atoms with van der Waals surface area (Å²) >= 11 is 0. The summed E-state index contributed by atoms with van der Waals surface area (Å²) in [6.45, 7) is 3.39. The number of aryl methyl sites for hydroxylation is 1. The normalized spacial score (nSPS) is 10.1. The van der Waals surface area contributed by atoms with Crippen LogP contribution >= 0.6 is 0 Å². The zero-order valence-corrected chi connectivity index (χ0v) is 15.3. The van der Waals surface area contributed by atoms with Gasteiger partial charge in [0.1, 0.15) is 6.61 Å². The second-order valence-electron chi connectivity index (χ2n) is 5.72. The molecule has 0 aliphatic heterocycles. The molecule has 0 unspecified atom stereocenters. The van der Waals surface area contributed by atoms with Crippen LogP contribution in [-0.2, 0) is 19.1 Å². The molecule has 0 bridgehead atoms. The molecule has 2 rings (SSSR count). The summed E-state index contributed by atoms with van der Waals surface area (Å²) in [5.74, 6) is -1.53. The molecule has 0 fully saturated rings. The molecule has 2 aromatic rings. The average Bonchev–Trinajstić information content (AvgIpc) is 2.65. The summed E-state index contributed by atoms with van der Waals surface area (Å²) in [6.07, 6.45) is 0. The topological polar surface area (TPSA) is 93.7 Å². The molecular weight excluding hydrogens is 348 g/mol. The standard InChI is InChI=1S/C20H22N2O5/c1-3-26-13-19(24)27-12-18(23)22-17-10-5-4-9-16(17)20(25)21-15-8-6-7-14(2)11-15/h4-11H,3,12-13H2,1-2H3,(H,21,25)(H,22,23). The SMILES string of the molecule is CCOCC(=O)OCC(=O)Nc1ccccc1C(=O)Nc1cccc(C)c1. The second kappa shape index (κ2) is 10.1. The third kappa shape index (κ3) is 6.56. The maximum Gasteiger partial charge on any atom is 0.332 e. The van der Waals surface area contributed by atoms with E-state index in [0.29, 0.717) is 23.5 Å². The van der Waals surface area contributed by atoms with Gasteiger partial charge in [-0.05, 0) is 43.7 Å². The van der Waals surface area contributed by atoms with Crippen molar-refractivity contribution < 1.29 is 23.9 Å². The van der Waals surface area contributed by atoms with Gasteiger partial charge in [0, 0.05) is 12.3 Å². The van der Waals surface area contributed by atoms with Crippen LogP contribution < -0.4 is 10.6 Å². The molecule has 2 amide bonds. The van der Waals surface area contributed by atoms with Crippen molar-refractivity contribution in [3.05, 3.63) is 59.7 Å². The monoisotopic (exact) mass is 370 g/mol. The lowest BCUT2D eigenvalue weighted by Gasteiger charge is -2.12. The number of esters is 1. The van der Waals surface area contributed by atoms with Gasteiger partial charge in [-0.25, -0.2) is 4.79 Å². The van der Waals surface area contributed by atoms with Crippen LogP contribution in [0.4, 0.5) is 11.4 Å². The minimum Gasteiger partial charge on any atom is -0.454 e. The fraction of sp³-hybridized carbons (Fsp3) is 0.250. The summed E-state index contributed by atoms with van der Waals surface area (Å²) in [6, 6.07) is 14.0. The third-order valence-electron chi connectivity index (χ3n) is 3.51. The number of rotatable bonds is 8. The summed E-state index contributed by atoms with van der Waals surface area (Å²) in [7, 11) is 0. The number of anilines is 2. The first kappa shape index (κ1) is 20.1. The van der Waals surface area contributed by atoms with E-state index >= 15 is 0 Å². The van der Waals surface area contributed by atoms with Crippen molar-refractivity contribution in [2.45, 2.75) is 13.8 Å². The van der Waals surface area contributed by atoms with Crippen molar-refractivity contribution in [1.29, 1.82) is 0 Å². The Kier molecular flexibility index (Phi) is 7.51. The molecule has 142 valence electrons. The highest BCUT2D eigenvalue weighted by Crippen LogP contribution is 2.18. The molecule has 7 heteroatoms. The highest BCUT2D eigenvalue weighted by molar-refractivity contribution is 6.10. The molecule has 0 atom stereocenters. The van der Waals surface area contributed by atoms with Crippen LogP contribution in [0.5, 0.6) is 0 Å². The van der Waals surface area contributed by atoms with E-state index in [9.17, 15) is 14.4 Å². The molecule has 0 saturated carbocycles. The number of amides is 2. The Labute approximate surface area is 157 Å². The Morgan fingerprint density at radius 2 is 1.74 bits per heavy atom. The van der Waals surface area contributed by atoms with Gasteiger partial charge in [-0.15, -0.1) is 0 Å². The summed E-state index contributed by atoms with van der Waals surface area (Å²) in [4.78, 5) is 35.9. The van der Waals surface area contributed by atoms with Gasteiger partial charge in [-0.3, -0.25) is 9.59 Å². The smallest absolute Gasteiger partial charge is 0.332 e. The maximum absolute atomic E-state index is 12.5. The molecule has 0 radical (unpaired) electrons. The summed E-state index contributed by atoms with van der Waals surface area (Å²) in [5, 5.41) is 5.38. The molecule has 0 aliphatic carbocycles. The Hall–Kier alpha value is -3.19. The van der Waals surface area contributed by atoms with E-state index in [2.05, 4.69) is 10.6 Å². The lowest BCUT2D eigenvalue weighted by Crippen LogP contribution is -2.24. The maximum atomic E-state index is 12.5. The minimum atomic E-state index is -0.627. The number of benzene rings is 2. The number of carbonyl (C=O) groups excluding carboxylic acids is 3. The predicted octanol–water partition coefficient (Wildman–Crippen LogP) is 2.77. The van der Waals surface area contributed by atoms with Crippen molar-refractivity contribution in [2.24, 2.45) is 0 Å². The number of hydrogen-bond donors (Lipinski definition) is 2. The van der Waals surface area contributed by atoms with E-state index in [1.807, 2.05) is 25.1 Å². The van der Waals surface area contributed by atoms with Crippen LogP contribution in [0.3, 0.4) is 0 Å². The van der Waals surface area contributed by atoms with Crippen LogP contribution in [0.15, 0.2) is 48.5 Å². The second-order valence-corrected chi connectivity index (χ2v) is 5.72. The average molecular weight is 370 g/mol. The van der Waals surface area contributed by atoms with Crippen LogP contribution in [0, 0.1) is 6.92 Å². The highest BCUT2D eigenvalue weighted by atomic mass is 16.6. The molecular formula is C20H22N2O5. The largest absolute Gasteiger partial charge is 0.454 e. The van der Waals surface area contributed by atoms with E-state index in [4.69, 9.17) is 9.47 Å². The molecule has 0 aliphatic rings. The van der Waals surface area contributed by atoms with E-state index in [0.717, 1.165) is 5.56 Å². The molecule has 7 nitrogen and oxygen atoms in total. The summed E-state index contributed by atoms with van der Waals surface area (Å²) in [5.41, 5.74) is 2.30. The number of hydrogen-bond acceptors (Lipinski definition) is 5. The first-order chi connectivity index (χ1) is 13.0. The quantitative estimate of drug-likeness (QED) is 0.697. The summed E-state index contributed by atoms with van der Waals surface area (Å²) < 4.78 is 9.71. The molecule has 0 saturated heterocycles. The van der Waals surface area contributed by atoms with Crippen molar-refractivity contribution >= 4 is 29.2 Å². The minimum absolute atomic E-state index is 0.209. The van der Waals surface area contributed by atoms with Crippen LogP contribution in [0.2, 0.25) is 0 Å². The Bertz CT molecular complexity index is 820. The molecule has 0 heterocycles. The molecule has 27 heavy (non-hydrogen) atoms. The Balaban J connectivity index is 1.99. The molecule has 2 aromatic carbocycles. The molecule has 0 spiro atoms. The molecule has 2 N–H and O–H groups in total. The van der Waals surface area contributed by atoms with Gasteiger partial charge in [0.15, 0.2) is 6.61 Å². The van der Waals surface area contributed by atoms with Crippen LogP contribution in [-0.4, -0.2) is 37.6 Å². The first-order valence-electron chi connectivity index (χ1n) is 8.50. The van der Waals surface area contributed by atoms with E-state index in [1.54, 1.807) is 37.3 Å². The third-order valence-corrected chi connectivity index (χ3v) is 3.51. The van der Waals surface area contributed by atoms with Gasteiger partial charge in [0.05, 0.1) is 11.3 Å². The van der Waals surface area contributed by atoms with E-state index in [-0.39, 0.29) is 12.5 Å². The first-order valence-corrected chi connectivity index (χ1v) is 8.50. The molecule has 0 aromatic heterocycles. The zero-order chi connectivity index (χ0) is 19.6. The van der Waals surface area contributed by atoms with Gasteiger partial charge in [-0.2, -0.15) is 0 Å². The van der Waals surface area contributed by atoms with Crippen molar-refractivity contribution in [3.8, 4) is 0 Å².